The first-order valence-corrected chi connectivity index (χ1v) is 7.38. The first-order valence-electron chi connectivity index (χ1n) is 7.38. The zero-order chi connectivity index (χ0) is 14.1. The fourth-order valence-electron chi connectivity index (χ4n) is 3.13. The molecular formula is C20H17N. The molecule has 1 aliphatic rings. The van der Waals surface area contributed by atoms with Crippen LogP contribution in [0.3, 0.4) is 0 Å². The molecule has 0 unspecified atom stereocenters. The Balaban J connectivity index is 1.88. The lowest BCUT2D eigenvalue weighted by molar-refractivity contribution is 0.812. The van der Waals surface area contributed by atoms with E-state index < -0.39 is 0 Å². The van der Waals surface area contributed by atoms with Gasteiger partial charge in [-0.1, -0.05) is 66.7 Å². The minimum Gasteiger partial charge on any atom is -0.363 e. The maximum absolute atomic E-state index is 2.45. The van der Waals surface area contributed by atoms with E-state index in [0.29, 0.717) is 0 Å². The van der Waals surface area contributed by atoms with Crippen molar-refractivity contribution in [1.82, 2.24) is 0 Å². The Morgan fingerprint density at radius 1 is 0.524 bits per heavy atom. The highest BCUT2D eigenvalue weighted by atomic mass is 15.1. The zero-order valence-corrected chi connectivity index (χ0v) is 11.9. The van der Waals surface area contributed by atoms with Gasteiger partial charge in [0.05, 0.1) is 0 Å². The number of fused-ring (bicyclic) bond motifs is 3. The van der Waals surface area contributed by atoms with E-state index in [1.165, 1.54) is 27.9 Å². The van der Waals surface area contributed by atoms with Crippen molar-refractivity contribution in [2.75, 3.05) is 4.90 Å². The third-order valence-corrected chi connectivity index (χ3v) is 4.17. The summed E-state index contributed by atoms with van der Waals surface area (Å²) in [5.74, 6) is 0. The molecule has 0 bridgehead atoms. The molecule has 21 heavy (non-hydrogen) atoms. The smallest absolute Gasteiger partial charge is 0.0439 e. The molecule has 0 saturated carbocycles. The van der Waals surface area contributed by atoms with Crippen molar-refractivity contribution in [1.29, 1.82) is 0 Å². The van der Waals surface area contributed by atoms with Gasteiger partial charge in [-0.05, 0) is 34.4 Å². The summed E-state index contributed by atoms with van der Waals surface area (Å²) in [6.07, 6.45) is 0. The average molecular weight is 271 g/mol. The number of para-hydroxylation sites is 1. The molecular weight excluding hydrogens is 254 g/mol. The summed E-state index contributed by atoms with van der Waals surface area (Å²) in [4.78, 5) is 2.45. The van der Waals surface area contributed by atoms with Crippen LogP contribution in [0.4, 0.5) is 5.69 Å². The van der Waals surface area contributed by atoms with E-state index in [1.807, 2.05) is 0 Å². The van der Waals surface area contributed by atoms with Crippen molar-refractivity contribution in [2.45, 2.75) is 13.1 Å². The minimum absolute atomic E-state index is 0.953. The Morgan fingerprint density at radius 2 is 1.00 bits per heavy atom. The summed E-state index contributed by atoms with van der Waals surface area (Å²) in [5, 5.41) is 0. The van der Waals surface area contributed by atoms with E-state index in [1.54, 1.807) is 0 Å². The van der Waals surface area contributed by atoms with Gasteiger partial charge in [-0.25, -0.2) is 0 Å². The number of benzene rings is 3. The van der Waals surface area contributed by atoms with E-state index >= 15 is 0 Å². The Bertz CT molecular complexity index is 714. The van der Waals surface area contributed by atoms with Gasteiger partial charge < -0.3 is 4.90 Å². The molecule has 1 heterocycles. The van der Waals surface area contributed by atoms with Gasteiger partial charge in [0.25, 0.3) is 0 Å². The minimum atomic E-state index is 0.953. The molecule has 1 aliphatic heterocycles. The van der Waals surface area contributed by atoms with Gasteiger partial charge in [-0.15, -0.1) is 0 Å². The quantitative estimate of drug-likeness (QED) is 0.610. The van der Waals surface area contributed by atoms with Crippen molar-refractivity contribution < 1.29 is 0 Å². The number of hydrogen-bond donors (Lipinski definition) is 0. The van der Waals surface area contributed by atoms with Gasteiger partial charge in [0.2, 0.25) is 0 Å². The van der Waals surface area contributed by atoms with Crippen LogP contribution < -0.4 is 4.90 Å². The highest BCUT2D eigenvalue weighted by Crippen LogP contribution is 2.34. The Labute approximate surface area is 125 Å². The van der Waals surface area contributed by atoms with Crippen LogP contribution >= 0.6 is 0 Å². The molecule has 0 N–H and O–H groups in total. The second-order valence-corrected chi connectivity index (χ2v) is 5.51. The van der Waals surface area contributed by atoms with Crippen molar-refractivity contribution in [3.05, 3.63) is 90.0 Å². The lowest BCUT2D eigenvalue weighted by Crippen LogP contribution is -2.20. The molecule has 0 amide bonds. The molecule has 0 atom stereocenters. The first-order chi connectivity index (χ1) is 10.4. The predicted molar refractivity (Wildman–Crippen MR) is 88.2 cm³/mol. The SMILES string of the molecule is c1ccc(N2Cc3ccccc3-c3ccccc3C2)cc1. The van der Waals surface area contributed by atoms with Gasteiger partial charge in [0.15, 0.2) is 0 Å². The normalized spacial score (nSPS) is 13.2. The van der Waals surface area contributed by atoms with Crippen LogP contribution in [0.5, 0.6) is 0 Å². The maximum Gasteiger partial charge on any atom is 0.0439 e. The molecule has 3 aromatic rings. The van der Waals surface area contributed by atoms with E-state index in [4.69, 9.17) is 0 Å². The molecule has 0 saturated heterocycles. The largest absolute Gasteiger partial charge is 0.363 e. The fourth-order valence-corrected chi connectivity index (χ4v) is 3.13. The van der Waals surface area contributed by atoms with Crippen LogP contribution in [-0.4, -0.2) is 0 Å². The topological polar surface area (TPSA) is 3.24 Å². The monoisotopic (exact) mass is 271 g/mol. The predicted octanol–water partition coefficient (Wildman–Crippen LogP) is 4.87. The van der Waals surface area contributed by atoms with Crippen LogP contribution in [-0.2, 0) is 13.1 Å². The molecule has 4 rings (SSSR count). The second-order valence-electron chi connectivity index (χ2n) is 5.51. The third kappa shape index (κ3) is 2.21. The summed E-state index contributed by atoms with van der Waals surface area (Å²) < 4.78 is 0. The van der Waals surface area contributed by atoms with E-state index in [-0.39, 0.29) is 0 Å². The van der Waals surface area contributed by atoms with Crippen molar-refractivity contribution in [3.8, 4) is 11.1 Å². The van der Waals surface area contributed by atoms with Crippen LogP contribution in [0.15, 0.2) is 78.9 Å². The molecule has 0 spiro atoms. The van der Waals surface area contributed by atoms with E-state index in [9.17, 15) is 0 Å². The number of rotatable bonds is 1. The Kier molecular flexibility index (Phi) is 2.97. The van der Waals surface area contributed by atoms with Gasteiger partial charge in [-0.3, -0.25) is 0 Å². The second kappa shape index (κ2) is 5.10. The van der Waals surface area contributed by atoms with Crippen LogP contribution in [0.1, 0.15) is 11.1 Å². The molecule has 0 fully saturated rings. The summed E-state index contributed by atoms with van der Waals surface area (Å²) in [6, 6.07) is 28.2. The van der Waals surface area contributed by atoms with Crippen molar-refractivity contribution >= 4 is 5.69 Å². The van der Waals surface area contributed by atoms with E-state index in [2.05, 4.69) is 83.8 Å². The van der Waals surface area contributed by atoms with Crippen molar-refractivity contribution in [3.63, 3.8) is 0 Å². The molecule has 0 radical (unpaired) electrons. The first kappa shape index (κ1) is 12.2. The lowest BCUT2D eigenvalue weighted by atomic mass is 9.97. The van der Waals surface area contributed by atoms with Gasteiger partial charge in [0.1, 0.15) is 0 Å². The maximum atomic E-state index is 2.45. The van der Waals surface area contributed by atoms with Crippen LogP contribution in [0, 0.1) is 0 Å². The van der Waals surface area contributed by atoms with Gasteiger partial charge in [-0.2, -0.15) is 0 Å². The summed E-state index contributed by atoms with van der Waals surface area (Å²) in [5.41, 5.74) is 6.81. The van der Waals surface area contributed by atoms with Gasteiger partial charge in [0, 0.05) is 18.8 Å². The average Bonchev–Trinajstić information content (AvgIpc) is 2.72. The summed E-state index contributed by atoms with van der Waals surface area (Å²) >= 11 is 0. The number of anilines is 1. The molecule has 3 aromatic carbocycles. The zero-order valence-electron chi connectivity index (χ0n) is 11.9. The summed E-state index contributed by atoms with van der Waals surface area (Å²) in [7, 11) is 0. The molecule has 1 heteroatoms. The highest BCUT2D eigenvalue weighted by molar-refractivity contribution is 5.73. The van der Waals surface area contributed by atoms with Crippen LogP contribution in [0.2, 0.25) is 0 Å². The Morgan fingerprint density at radius 3 is 1.57 bits per heavy atom. The molecule has 102 valence electrons. The summed E-state index contributed by atoms with van der Waals surface area (Å²) in [6.45, 7) is 1.91. The third-order valence-electron chi connectivity index (χ3n) is 4.17. The Hall–Kier alpha value is -2.54. The number of hydrogen-bond acceptors (Lipinski definition) is 1. The van der Waals surface area contributed by atoms with E-state index in [0.717, 1.165) is 13.1 Å². The molecule has 1 nitrogen and oxygen atoms in total. The van der Waals surface area contributed by atoms with Crippen LogP contribution in [0.25, 0.3) is 11.1 Å². The van der Waals surface area contributed by atoms with Crippen molar-refractivity contribution in [2.24, 2.45) is 0 Å². The number of nitrogens with zero attached hydrogens (tertiary/aromatic N) is 1. The molecule has 0 aliphatic carbocycles. The highest BCUT2D eigenvalue weighted by Gasteiger charge is 2.18. The molecule has 0 aromatic heterocycles. The fraction of sp³-hybridized carbons (Fsp3) is 0.100. The standard InChI is InChI=1S/C20H17N/c1-2-10-18(11-3-1)21-14-16-8-4-6-12-19(16)20-13-7-5-9-17(20)15-21/h1-13H,14-15H2. The van der Waals surface area contributed by atoms with Gasteiger partial charge >= 0.3 is 0 Å². The lowest BCUT2D eigenvalue weighted by Gasteiger charge is -2.23.